The van der Waals surface area contributed by atoms with Crippen LogP contribution in [-0.4, -0.2) is 17.8 Å². The molecular weight excluding hydrogens is 222 g/mol. The van der Waals surface area contributed by atoms with E-state index in [1.807, 2.05) is 43.3 Å². The first kappa shape index (κ1) is 12.7. The van der Waals surface area contributed by atoms with Crippen LogP contribution in [-0.2, 0) is 6.54 Å². The normalized spacial score (nSPS) is 12.1. The van der Waals surface area contributed by atoms with Gasteiger partial charge in [0.05, 0.1) is 6.10 Å². The van der Waals surface area contributed by atoms with Crippen molar-refractivity contribution in [1.29, 1.82) is 0 Å². The van der Waals surface area contributed by atoms with Gasteiger partial charge in [-0.2, -0.15) is 0 Å². The van der Waals surface area contributed by atoms with Gasteiger partial charge in [-0.3, -0.25) is 0 Å². The molecule has 0 saturated heterocycles. The summed E-state index contributed by atoms with van der Waals surface area (Å²) in [7, 11) is 0. The Balaban J connectivity index is 2.16. The van der Waals surface area contributed by atoms with E-state index in [0.717, 1.165) is 12.2 Å². The van der Waals surface area contributed by atoms with Crippen molar-refractivity contribution in [1.82, 2.24) is 0 Å². The van der Waals surface area contributed by atoms with Crippen LogP contribution >= 0.6 is 0 Å². The predicted molar refractivity (Wildman–Crippen MR) is 75.6 cm³/mol. The van der Waals surface area contributed by atoms with Gasteiger partial charge < -0.3 is 10.0 Å². The largest absolute Gasteiger partial charge is 0.392 e. The van der Waals surface area contributed by atoms with Gasteiger partial charge in [0.2, 0.25) is 0 Å². The Kier molecular flexibility index (Phi) is 4.37. The molecule has 0 aliphatic carbocycles. The Morgan fingerprint density at radius 2 is 1.50 bits per heavy atom. The second-order valence-electron chi connectivity index (χ2n) is 4.55. The first-order valence-corrected chi connectivity index (χ1v) is 6.27. The monoisotopic (exact) mass is 241 g/mol. The van der Waals surface area contributed by atoms with E-state index in [2.05, 4.69) is 29.2 Å². The summed E-state index contributed by atoms with van der Waals surface area (Å²) in [5, 5.41) is 9.62. The molecule has 1 unspecified atom stereocenters. The van der Waals surface area contributed by atoms with Crippen molar-refractivity contribution < 1.29 is 5.11 Å². The molecule has 2 rings (SSSR count). The second kappa shape index (κ2) is 6.22. The zero-order valence-corrected chi connectivity index (χ0v) is 10.7. The molecule has 18 heavy (non-hydrogen) atoms. The number of rotatable bonds is 5. The fraction of sp³-hybridized carbons (Fsp3) is 0.250. The quantitative estimate of drug-likeness (QED) is 0.869. The van der Waals surface area contributed by atoms with Crippen molar-refractivity contribution in [3.8, 4) is 0 Å². The number of aliphatic hydroxyl groups is 1. The van der Waals surface area contributed by atoms with Crippen molar-refractivity contribution in [3.05, 3.63) is 66.2 Å². The highest BCUT2D eigenvalue weighted by atomic mass is 16.3. The average Bonchev–Trinajstić information content (AvgIpc) is 2.40. The summed E-state index contributed by atoms with van der Waals surface area (Å²) < 4.78 is 0. The van der Waals surface area contributed by atoms with Crippen LogP contribution in [0.15, 0.2) is 60.7 Å². The Morgan fingerprint density at radius 1 is 0.944 bits per heavy atom. The lowest BCUT2D eigenvalue weighted by atomic mass is 10.2. The van der Waals surface area contributed by atoms with Gasteiger partial charge in [-0.25, -0.2) is 0 Å². The molecule has 1 atom stereocenters. The number of anilines is 1. The first-order valence-electron chi connectivity index (χ1n) is 6.27. The number of benzene rings is 2. The van der Waals surface area contributed by atoms with Gasteiger partial charge in [0.25, 0.3) is 0 Å². The van der Waals surface area contributed by atoms with Crippen molar-refractivity contribution in [3.63, 3.8) is 0 Å². The minimum Gasteiger partial charge on any atom is -0.392 e. The Morgan fingerprint density at radius 3 is 2.06 bits per heavy atom. The lowest BCUT2D eigenvalue weighted by Gasteiger charge is -2.26. The summed E-state index contributed by atoms with van der Waals surface area (Å²) in [5.74, 6) is 0. The van der Waals surface area contributed by atoms with Crippen molar-refractivity contribution in [2.45, 2.75) is 19.6 Å². The summed E-state index contributed by atoms with van der Waals surface area (Å²) in [5.41, 5.74) is 2.39. The van der Waals surface area contributed by atoms with E-state index >= 15 is 0 Å². The van der Waals surface area contributed by atoms with E-state index in [0.29, 0.717) is 6.54 Å². The number of aliphatic hydroxyl groups excluding tert-OH is 1. The third kappa shape index (κ3) is 3.60. The van der Waals surface area contributed by atoms with Crippen LogP contribution in [0, 0.1) is 0 Å². The van der Waals surface area contributed by atoms with Crippen molar-refractivity contribution >= 4 is 5.69 Å². The molecule has 0 heterocycles. The van der Waals surface area contributed by atoms with Crippen LogP contribution in [0.3, 0.4) is 0 Å². The van der Waals surface area contributed by atoms with Gasteiger partial charge in [0, 0.05) is 18.8 Å². The molecule has 0 aliphatic heterocycles. The standard InChI is InChI=1S/C16H19NO/c1-14(18)12-17(16-10-6-3-7-11-16)13-15-8-4-2-5-9-15/h2-11,14,18H,12-13H2,1H3. The van der Waals surface area contributed by atoms with Gasteiger partial charge in [-0.15, -0.1) is 0 Å². The molecule has 0 saturated carbocycles. The summed E-state index contributed by atoms with van der Waals surface area (Å²) in [6.45, 7) is 3.27. The van der Waals surface area contributed by atoms with Gasteiger partial charge in [0.1, 0.15) is 0 Å². The zero-order valence-electron chi connectivity index (χ0n) is 10.7. The summed E-state index contributed by atoms with van der Waals surface area (Å²) in [6.07, 6.45) is -0.339. The molecular formula is C16H19NO. The highest BCUT2D eigenvalue weighted by molar-refractivity contribution is 5.46. The summed E-state index contributed by atoms with van der Waals surface area (Å²) in [6, 6.07) is 20.5. The van der Waals surface area contributed by atoms with Crippen LogP contribution in [0.5, 0.6) is 0 Å². The lowest BCUT2D eigenvalue weighted by Crippen LogP contribution is -2.30. The predicted octanol–water partition coefficient (Wildman–Crippen LogP) is 3.07. The molecule has 2 aromatic carbocycles. The Bertz CT molecular complexity index is 453. The van der Waals surface area contributed by atoms with E-state index in [1.54, 1.807) is 0 Å². The third-order valence-electron chi connectivity index (χ3n) is 2.82. The highest BCUT2D eigenvalue weighted by Gasteiger charge is 2.09. The average molecular weight is 241 g/mol. The molecule has 2 nitrogen and oxygen atoms in total. The van der Waals surface area contributed by atoms with E-state index in [-0.39, 0.29) is 6.10 Å². The Labute approximate surface area is 109 Å². The fourth-order valence-corrected chi connectivity index (χ4v) is 2.02. The molecule has 0 aromatic heterocycles. The molecule has 2 heteroatoms. The maximum Gasteiger partial charge on any atom is 0.0687 e. The SMILES string of the molecule is CC(O)CN(Cc1ccccc1)c1ccccc1. The van der Waals surface area contributed by atoms with Crippen molar-refractivity contribution in [2.75, 3.05) is 11.4 Å². The molecule has 0 amide bonds. The smallest absolute Gasteiger partial charge is 0.0687 e. The van der Waals surface area contributed by atoms with Gasteiger partial charge in [0.15, 0.2) is 0 Å². The lowest BCUT2D eigenvalue weighted by molar-refractivity contribution is 0.199. The molecule has 0 fully saturated rings. The van der Waals surface area contributed by atoms with E-state index in [1.165, 1.54) is 5.56 Å². The molecule has 2 aromatic rings. The third-order valence-corrected chi connectivity index (χ3v) is 2.82. The van der Waals surface area contributed by atoms with Crippen LogP contribution in [0.2, 0.25) is 0 Å². The molecule has 94 valence electrons. The van der Waals surface area contributed by atoms with E-state index in [4.69, 9.17) is 0 Å². The maximum absolute atomic E-state index is 9.62. The summed E-state index contributed by atoms with van der Waals surface area (Å²) in [4.78, 5) is 2.19. The highest BCUT2D eigenvalue weighted by Crippen LogP contribution is 2.17. The molecule has 0 spiro atoms. The van der Waals surface area contributed by atoms with Crippen LogP contribution < -0.4 is 4.90 Å². The van der Waals surface area contributed by atoms with E-state index in [9.17, 15) is 5.11 Å². The molecule has 0 bridgehead atoms. The van der Waals surface area contributed by atoms with E-state index < -0.39 is 0 Å². The number of nitrogens with zero attached hydrogens (tertiary/aromatic N) is 1. The summed E-state index contributed by atoms with van der Waals surface area (Å²) >= 11 is 0. The molecule has 0 aliphatic rings. The van der Waals surface area contributed by atoms with Gasteiger partial charge in [-0.1, -0.05) is 48.5 Å². The topological polar surface area (TPSA) is 23.5 Å². The number of hydrogen-bond acceptors (Lipinski definition) is 2. The van der Waals surface area contributed by atoms with Crippen LogP contribution in [0.25, 0.3) is 0 Å². The first-order chi connectivity index (χ1) is 8.75. The van der Waals surface area contributed by atoms with Gasteiger partial charge >= 0.3 is 0 Å². The number of para-hydroxylation sites is 1. The minimum atomic E-state index is -0.339. The molecule has 0 radical (unpaired) electrons. The van der Waals surface area contributed by atoms with Gasteiger partial charge in [-0.05, 0) is 24.6 Å². The second-order valence-corrected chi connectivity index (χ2v) is 4.55. The zero-order chi connectivity index (χ0) is 12.8. The fourth-order valence-electron chi connectivity index (χ4n) is 2.02. The number of hydrogen-bond donors (Lipinski definition) is 1. The Hall–Kier alpha value is -1.80. The van der Waals surface area contributed by atoms with Crippen LogP contribution in [0.1, 0.15) is 12.5 Å². The van der Waals surface area contributed by atoms with Crippen molar-refractivity contribution in [2.24, 2.45) is 0 Å². The minimum absolute atomic E-state index is 0.339. The maximum atomic E-state index is 9.62. The van der Waals surface area contributed by atoms with Crippen LogP contribution in [0.4, 0.5) is 5.69 Å². The molecule has 1 N–H and O–H groups in total.